The summed E-state index contributed by atoms with van der Waals surface area (Å²) in [5, 5.41) is 0. The molecule has 0 aliphatic rings. The molecule has 0 radical (unpaired) electrons. The van der Waals surface area contributed by atoms with Gasteiger partial charge in [0.05, 0.1) is 0 Å². The molecule has 0 amide bonds. The normalized spacial score (nSPS) is 14.4. The van der Waals surface area contributed by atoms with Crippen LogP contribution in [0.1, 0.15) is 6.92 Å². The van der Waals surface area contributed by atoms with Crippen LogP contribution in [-0.4, -0.2) is 49.9 Å². The van der Waals surface area contributed by atoms with E-state index in [0.717, 1.165) is 6.92 Å². The topological polar surface area (TPSA) is 44.8 Å². The van der Waals surface area contributed by atoms with Crippen molar-refractivity contribution in [2.45, 2.75) is 37.1 Å². The molecule has 14 heteroatoms. The summed E-state index contributed by atoms with van der Waals surface area (Å²) >= 11 is 0. The molecule has 0 atom stereocenters. The Morgan fingerprint density at radius 2 is 1.32 bits per heavy atom. The predicted molar refractivity (Wildman–Crippen MR) is 58.6 cm³/mol. The molecule has 0 bridgehead atoms. The Morgan fingerprint density at radius 3 is 1.68 bits per heavy atom. The van der Waals surface area contributed by atoms with Gasteiger partial charge in [0.1, 0.15) is 0 Å². The zero-order valence-electron chi connectivity index (χ0n) is 12.3. The molecule has 0 spiro atoms. The van der Waals surface area contributed by atoms with E-state index in [0.29, 0.717) is 0 Å². The lowest BCUT2D eigenvalue weighted by Gasteiger charge is -2.34. The average Bonchev–Trinajstić information content (AvgIpc) is 2.42. The van der Waals surface area contributed by atoms with Crippen molar-refractivity contribution in [3.05, 3.63) is 12.2 Å². The summed E-state index contributed by atoms with van der Waals surface area (Å²) in [6.07, 6.45) is -19.3. The first-order valence-corrected chi connectivity index (χ1v) is 5.81. The zero-order valence-corrected chi connectivity index (χ0v) is 12.3. The lowest BCUT2D eigenvalue weighted by atomic mass is 10.2. The quantitative estimate of drug-likeness (QED) is 0.338. The first-order chi connectivity index (χ1) is 10.8. The first-order valence-electron chi connectivity index (χ1n) is 5.81. The number of ether oxygens (including phenoxy) is 3. The van der Waals surface area contributed by atoms with Gasteiger partial charge in [-0.25, -0.2) is 9.53 Å². The van der Waals surface area contributed by atoms with Gasteiger partial charge in [0, 0.05) is 12.7 Å². The Bertz CT molecular complexity index is 517. The van der Waals surface area contributed by atoms with Crippen molar-refractivity contribution in [2.75, 3.05) is 13.7 Å². The minimum Gasteiger partial charge on any atom is -0.456 e. The number of rotatable bonds is 9. The van der Waals surface area contributed by atoms with Crippen LogP contribution in [0.5, 0.6) is 0 Å². The monoisotopic (exact) mass is 396 g/mol. The molecule has 25 heavy (non-hydrogen) atoms. The second kappa shape index (κ2) is 6.97. The highest BCUT2D eigenvalue weighted by atomic mass is 19.4. The van der Waals surface area contributed by atoms with Gasteiger partial charge in [0.25, 0.3) is 0 Å². The molecule has 0 aliphatic carbocycles. The van der Waals surface area contributed by atoms with E-state index in [1.54, 1.807) is 0 Å². The molecule has 0 rings (SSSR count). The molecular formula is C11H10F10O4. The van der Waals surface area contributed by atoms with E-state index in [2.05, 4.69) is 16.1 Å². The number of carbonyl (C=O) groups excluding carboxylic acids is 1. The molecule has 0 heterocycles. The molecule has 0 saturated carbocycles. The van der Waals surface area contributed by atoms with Gasteiger partial charge in [0.15, 0.2) is 6.61 Å². The summed E-state index contributed by atoms with van der Waals surface area (Å²) in [5.74, 6) is -14.2. The van der Waals surface area contributed by atoms with Crippen LogP contribution in [0, 0.1) is 0 Å². The summed E-state index contributed by atoms with van der Waals surface area (Å²) in [6.45, 7) is 1.22. The lowest BCUT2D eigenvalue weighted by molar-refractivity contribution is -0.506. The lowest BCUT2D eigenvalue weighted by Crippen LogP contribution is -2.61. The fourth-order valence-corrected chi connectivity index (χ4v) is 0.961. The molecular weight excluding hydrogens is 386 g/mol. The molecule has 0 fully saturated rings. The molecule has 4 nitrogen and oxygen atoms in total. The highest BCUT2D eigenvalue weighted by Gasteiger charge is 2.78. The Morgan fingerprint density at radius 1 is 0.880 bits per heavy atom. The third-order valence-electron chi connectivity index (χ3n) is 2.40. The Labute approximate surface area is 133 Å². The minimum absolute atomic E-state index is 0.173. The number of hydrogen-bond acceptors (Lipinski definition) is 4. The van der Waals surface area contributed by atoms with Gasteiger partial charge in [-0.2, -0.15) is 43.9 Å². The average molecular weight is 396 g/mol. The smallest absolute Gasteiger partial charge is 0.433 e. The fourth-order valence-electron chi connectivity index (χ4n) is 0.961. The van der Waals surface area contributed by atoms with Crippen molar-refractivity contribution in [1.82, 2.24) is 0 Å². The minimum atomic E-state index is -6.79. The van der Waals surface area contributed by atoms with Crippen LogP contribution < -0.4 is 0 Å². The molecule has 0 unspecified atom stereocenters. The number of halogens is 10. The van der Waals surface area contributed by atoms with Gasteiger partial charge in [-0.15, -0.1) is 0 Å². The van der Waals surface area contributed by atoms with Crippen LogP contribution in [0.15, 0.2) is 12.2 Å². The maximum atomic E-state index is 13.1. The second-order valence-electron chi connectivity index (χ2n) is 4.49. The van der Waals surface area contributed by atoms with Crippen LogP contribution in [-0.2, 0) is 19.0 Å². The number of alkyl halides is 10. The van der Waals surface area contributed by atoms with Crippen molar-refractivity contribution in [3.63, 3.8) is 0 Å². The number of hydrogen-bond donors (Lipinski definition) is 0. The van der Waals surface area contributed by atoms with E-state index in [1.165, 1.54) is 0 Å². The van der Waals surface area contributed by atoms with Crippen molar-refractivity contribution in [3.8, 4) is 0 Å². The molecule has 0 aromatic rings. The van der Waals surface area contributed by atoms with Crippen molar-refractivity contribution >= 4 is 5.97 Å². The number of methoxy groups -OCH3 is 1. The van der Waals surface area contributed by atoms with Gasteiger partial charge in [0.2, 0.25) is 0 Å². The van der Waals surface area contributed by atoms with Gasteiger partial charge in [-0.1, -0.05) is 6.58 Å². The summed E-state index contributed by atoms with van der Waals surface area (Å²) in [7, 11) is -0.173. The second-order valence-corrected chi connectivity index (χ2v) is 4.49. The van der Waals surface area contributed by atoms with Crippen LogP contribution >= 0.6 is 0 Å². The van der Waals surface area contributed by atoms with E-state index in [9.17, 15) is 48.7 Å². The molecule has 0 saturated heterocycles. The Kier molecular flexibility index (Phi) is 6.54. The van der Waals surface area contributed by atoms with Crippen molar-refractivity contribution < 1.29 is 62.9 Å². The van der Waals surface area contributed by atoms with Gasteiger partial charge >= 0.3 is 36.1 Å². The summed E-state index contributed by atoms with van der Waals surface area (Å²) in [4.78, 5) is 10.8. The third kappa shape index (κ3) is 4.74. The van der Waals surface area contributed by atoms with E-state index < -0.39 is 48.3 Å². The SMILES string of the molecule is C=C(C)C(=O)OCC(F)(F)C(F)(F)OC(F)(F)C(F)(F)C(F)(F)OC. The first kappa shape index (κ1) is 23.4. The molecule has 0 aromatic heterocycles. The van der Waals surface area contributed by atoms with E-state index in [-0.39, 0.29) is 7.11 Å². The van der Waals surface area contributed by atoms with Gasteiger partial charge < -0.3 is 9.47 Å². The third-order valence-corrected chi connectivity index (χ3v) is 2.40. The Hall–Kier alpha value is -1.57. The Balaban J connectivity index is 5.45. The van der Waals surface area contributed by atoms with Crippen LogP contribution in [0.2, 0.25) is 0 Å². The zero-order chi connectivity index (χ0) is 20.5. The maximum absolute atomic E-state index is 13.1. The summed E-state index contributed by atoms with van der Waals surface area (Å²) in [5.41, 5.74) is -0.545. The molecule has 0 aromatic carbocycles. The summed E-state index contributed by atoms with van der Waals surface area (Å²) in [6, 6.07) is 0. The van der Waals surface area contributed by atoms with Gasteiger partial charge in [-0.3, -0.25) is 0 Å². The van der Waals surface area contributed by atoms with Gasteiger partial charge in [-0.05, 0) is 6.92 Å². The van der Waals surface area contributed by atoms with Crippen LogP contribution in [0.4, 0.5) is 43.9 Å². The standard InChI is InChI=1S/C11H10F10O4/c1-5(2)6(22)24-4-7(12,13)9(16,17)25-11(20,21)8(14,15)10(18,19)23-3/h1,4H2,2-3H3. The van der Waals surface area contributed by atoms with Crippen molar-refractivity contribution in [1.29, 1.82) is 0 Å². The fraction of sp³-hybridized carbons (Fsp3) is 0.727. The number of esters is 1. The molecule has 0 aliphatic heterocycles. The van der Waals surface area contributed by atoms with E-state index >= 15 is 0 Å². The summed E-state index contributed by atoms with van der Waals surface area (Å²) < 4.78 is 138. The maximum Gasteiger partial charge on any atom is 0.433 e. The van der Waals surface area contributed by atoms with Crippen LogP contribution in [0.25, 0.3) is 0 Å². The van der Waals surface area contributed by atoms with Crippen molar-refractivity contribution in [2.24, 2.45) is 0 Å². The highest BCUT2D eigenvalue weighted by Crippen LogP contribution is 2.50. The van der Waals surface area contributed by atoms with Crippen LogP contribution in [0.3, 0.4) is 0 Å². The molecule has 0 N–H and O–H groups in total. The largest absolute Gasteiger partial charge is 0.456 e. The van der Waals surface area contributed by atoms with E-state index in [1.807, 2.05) is 4.74 Å². The van der Waals surface area contributed by atoms with E-state index in [4.69, 9.17) is 0 Å². The highest BCUT2D eigenvalue weighted by molar-refractivity contribution is 5.86. The predicted octanol–water partition coefficient (Wildman–Crippen LogP) is 3.82. The molecule has 148 valence electrons. The number of carbonyl (C=O) groups is 1.